The van der Waals surface area contributed by atoms with E-state index in [4.69, 9.17) is 15.0 Å². The molecule has 0 saturated heterocycles. The maximum atomic E-state index is 5.25. The molecule has 12 aromatic carbocycles. The zero-order valence-corrected chi connectivity index (χ0v) is 47.1. The summed E-state index contributed by atoms with van der Waals surface area (Å²) in [5, 5.41) is 4.64. The monoisotopic (exact) mass is 1100 g/mol. The van der Waals surface area contributed by atoms with Crippen molar-refractivity contribution in [3.05, 3.63) is 315 Å². The van der Waals surface area contributed by atoms with Crippen LogP contribution in [0.2, 0.25) is 0 Å². The largest absolute Gasteiger partial charge is 0.309 e. The van der Waals surface area contributed by atoms with Crippen LogP contribution >= 0.6 is 0 Å². The Morgan fingerprint density at radius 3 is 1.14 bits per heavy atom. The first kappa shape index (κ1) is 50.5. The van der Waals surface area contributed by atoms with Gasteiger partial charge in [-0.3, -0.25) is 4.57 Å². The van der Waals surface area contributed by atoms with Gasteiger partial charge in [-0.25, -0.2) is 4.98 Å². The van der Waals surface area contributed by atoms with Gasteiger partial charge in [0, 0.05) is 38.4 Å². The maximum absolute atomic E-state index is 5.25. The van der Waals surface area contributed by atoms with Crippen LogP contribution in [-0.2, 0) is 0 Å². The molecule has 0 bridgehead atoms. The predicted octanol–water partition coefficient (Wildman–Crippen LogP) is 21.1. The number of para-hydroxylation sites is 1. The van der Waals surface area contributed by atoms with Crippen molar-refractivity contribution in [3.63, 3.8) is 0 Å². The van der Waals surface area contributed by atoms with Crippen molar-refractivity contribution in [3.8, 4) is 101 Å². The van der Waals surface area contributed by atoms with E-state index in [9.17, 15) is 0 Å². The standard InChI is InChI=1S/C81H55N5/c1-7-21-54(22-8-1)64-45-65(55-23-9-2-10-24-55)48-68(47-64)61-38-43-76-73(51-61)74-52-62(69-49-66(56-25-11-3-12-26-56)46-67(50-69)57-27-13-4-14-28-57)39-44-77(74)85(76)70-40-35-58(36-41-70)63-37-42-72-71-33-19-20-34-75(71)86(78(72)53-63)81-83-79(59-29-15-5-16-30-59)82-80(84-81)60-31-17-6-18-32-60/h1-5,7-17,19-53H,6,18H2. The molecule has 0 amide bonds. The highest BCUT2D eigenvalue weighted by Gasteiger charge is 2.21. The molecule has 3 aromatic heterocycles. The highest BCUT2D eigenvalue weighted by molar-refractivity contribution is 6.13. The molecule has 0 radical (unpaired) electrons. The number of benzene rings is 12. The summed E-state index contributed by atoms with van der Waals surface area (Å²) in [5.74, 6) is 1.90. The van der Waals surface area contributed by atoms with E-state index >= 15 is 0 Å². The molecule has 1 aliphatic rings. The highest BCUT2D eigenvalue weighted by Crippen LogP contribution is 2.42. The summed E-state index contributed by atoms with van der Waals surface area (Å²) in [6.07, 6.45) is 8.53. The first-order chi connectivity index (χ1) is 42.6. The smallest absolute Gasteiger partial charge is 0.238 e. The van der Waals surface area contributed by atoms with Gasteiger partial charge in [0.05, 0.1) is 22.1 Å². The molecule has 0 spiro atoms. The Morgan fingerprint density at radius 2 is 0.640 bits per heavy atom. The summed E-state index contributed by atoms with van der Waals surface area (Å²) in [5.41, 5.74) is 23.7. The minimum absolute atomic E-state index is 0.589. The van der Waals surface area contributed by atoms with E-state index in [-0.39, 0.29) is 0 Å². The lowest BCUT2D eigenvalue weighted by atomic mass is 9.92. The first-order valence-electron chi connectivity index (χ1n) is 29.5. The van der Waals surface area contributed by atoms with Gasteiger partial charge in [0.25, 0.3) is 0 Å². The number of rotatable bonds is 11. The molecule has 5 heteroatoms. The Bertz CT molecular complexity index is 4820. The van der Waals surface area contributed by atoms with E-state index in [1.807, 2.05) is 18.2 Å². The van der Waals surface area contributed by atoms with Gasteiger partial charge in [0.2, 0.25) is 5.95 Å². The number of hydrogen-bond donors (Lipinski definition) is 0. The Balaban J connectivity index is 0.851. The molecule has 16 rings (SSSR count). The predicted molar refractivity (Wildman–Crippen MR) is 358 cm³/mol. The van der Waals surface area contributed by atoms with E-state index < -0.39 is 0 Å². The quantitative estimate of drug-likeness (QED) is 0.130. The summed E-state index contributed by atoms with van der Waals surface area (Å²) >= 11 is 0. The van der Waals surface area contributed by atoms with Crippen LogP contribution in [0.1, 0.15) is 18.7 Å². The second kappa shape index (κ2) is 21.5. The molecule has 86 heavy (non-hydrogen) atoms. The van der Waals surface area contributed by atoms with Gasteiger partial charge in [0.15, 0.2) is 11.6 Å². The Kier molecular flexibility index (Phi) is 12.6. The summed E-state index contributed by atoms with van der Waals surface area (Å²) in [7, 11) is 0. The number of fused-ring (bicyclic) bond motifs is 6. The highest BCUT2D eigenvalue weighted by atomic mass is 15.2. The van der Waals surface area contributed by atoms with Gasteiger partial charge in [0.1, 0.15) is 0 Å². The molecular formula is C81H55N5. The van der Waals surface area contributed by atoms with E-state index in [2.05, 4.69) is 300 Å². The van der Waals surface area contributed by atoms with Crippen molar-refractivity contribution in [2.45, 2.75) is 12.8 Å². The molecule has 15 aromatic rings. The Hall–Kier alpha value is -11.3. The van der Waals surface area contributed by atoms with Crippen molar-refractivity contribution in [2.75, 3.05) is 0 Å². The van der Waals surface area contributed by atoms with Gasteiger partial charge < -0.3 is 4.57 Å². The SMILES string of the molecule is C1=CC(c2nc(-c3ccccc3)nc(-n3c4ccccc4c4ccc(-c5ccc(-n6c7ccc(-c8cc(-c9ccccc9)cc(-c9ccccc9)c8)cc7c7cc(-c8cc(-c9ccccc9)cc(-c9ccccc9)c8)ccc76)cc5)cc43)n2)=CCC1. The first-order valence-corrected chi connectivity index (χ1v) is 29.5. The normalized spacial score (nSPS) is 12.3. The van der Waals surface area contributed by atoms with Crippen molar-refractivity contribution >= 4 is 49.2 Å². The van der Waals surface area contributed by atoms with Gasteiger partial charge in [-0.2, -0.15) is 9.97 Å². The third-order valence-electron chi connectivity index (χ3n) is 17.0. The lowest BCUT2D eigenvalue weighted by Gasteiger charge is -2.13. The van der Waals surface area contributed by atoms with Crippen LogP contribution < -0.4 is 0 Å². The number of nitrogens with zero attached hydrogens (tertiary/aromatic N) is 5. The average molecular weight is 1100 g/mol. The molecule has 0 saturated carbocycles. The molecule has 5 nitrogen and oxygen atoms in total. The Labute approximate surface area is 499 Å². The molecular weight excluding hydrogens is 1040 g/mol. The zero-order valence-electron chi connectivity index (χ0n) is 47.1. The van der Waals surface area contributed by atoms with Crippen molar-refractivity contribution < 1.29 is 0 Å². The molecule has 0 fully saturated rings. The maximum Gasteiger partial charge on any atom is 0.238 e. The lowest BCUT2D eigenvalue weighted by Crippen LogP contribution is -2.08. The third kappa shape index (κ3) is 9.29. The molecule has 3 heterocycles. The van der Waals surface area contributed by atoms with Crippen LogP contribution in [0.4, 0.5) is 0 Å². The molecule has 1 aliphatic carbocycles. The minimum Gasteiger partial charge on any atom is -0.309 e. The zero-order chi connectivity index (χ0) is 56.9. The van der Waals surface area contributed by atoms with Crippen LogP contribution in [0.3, 0.4) is 0 Å². The summed E-state index contributed by atoms with van der Waals surface area (Å²) in [6.45, 7) is 0. The van der Waals surface area contributed by atoms with Crippen LogP contribution in [-0.4, -0.2) is 24.1 Å². The second-order valence-corrected chi connectivity index (χ2v) is 22.3. The lowest BCUT2D eigenvalue weighted by molar-refractivity contribution is 0.927. The van der Waals surface area contributed by atoms with Crippen LogP contribution in [0.5, 0.6) is 0 Å². The van der Waals surface area contributed by atoms with Crippen molar-refractivity contribution in [1.29, 1.82) is 0 Å². The van der Waals surface area contributed by atoms with E-state index in [1.54, 1.807) is 0 Å². The van der Waals surface area contributed by atoms with Gasteiger partial charge in [-0.05, 0) is 176 Å². The van der Waals surface area contributed by atoms with Gasteiger partial charge >= 0.3 is 0 Å². The van der Waals surface area contributed by atoms with E-state index in [1.165, 1.54) is 66.4 Å². The Morgan fingerprint density at radius 1 is 0.244 bits per heavy atom. The number of hydrogen-bond acceptors (Lipinski definition) is 3. The number of aromatic nitrogens is 5. The van der Waals surface area contributed by atoms with Crippen molar-refractivity contribution in [2.24, 2.45) is 0 Å². The summed E-state index contributed by atoms with van der Waals surface area (Å²) in [6, 6.07) is 106. The van der Waals surface area contributed by atoms with Crippen molar-refractivity contribution in [1.82, 2.24) is 24.1 Å². The summed E-state index contributed by atoms with van der Waals surface area (Å²) in [4.78, 5) is 15.5. The fourth-order valence-electron chi connectivity index (χ4n) is 12.7. The van der Waals surface area contributed by atoms with Crippen LogP contribution in [0, 0.1) is 0 Å². The second-order valence-electron chi connectivity index (χ2n) is 22.3. The fourth-order valence-corrected chi connectivity index (χ4v) is 12.7. The molecule has 404 valence electrons. The van der Waals surface area contributed by atoms with E-state index in [0.717, 1.165) is 84.8 Å². The van der Waals surface area contributed by atoms with Crippen LogP contribution in [0.15, 0.2) is 309 Å². The molecule has 0 aliphatic heterocycles. The summed E-state index contributed by atoms with van der Waals surface area (Å²) < 4.78 is 4.66. The molecule has 0 unspecified atom stereocenters. The number of allylic oxidation sites excluding steroid dienone is 4. The molecule has 0 atom stereocenters. The van der Waals surface area contributed by atoms with Crippen LogP contribution in [0.25, 0.3) is 150 Å². The topological polar surface area (TPSA) is 48.5 Å². The van der Waals surface area contributed by atoms with Gasteiger partial charge in [-0.15, -0.1) is 0 Å². The molecule has 0 N–H and O–H groups in total. The minimum atomic E-state index is 0.589. The van der Waals surface area contributed by atoms with Gasteiger partial charge in [-0.1, -0.05) is 224 Å². The van der Waals surface area contributed by atoms with E-state index in [0.29, 0.717) is 17.6 Å². The third-order valence-corrected chi connectivity index (χ3v) is 17.0. The fraction of sp³-hybridized carbons (Fsp3) is 0.0247. The average Bonchev–Trinajstić information content (AvgIpc) is 1.93.